The molecule has 1 saturated heterocycles. The van der Waals surface area contributed by atoms with Crippen LogP contribution < -0.4 is 10.1 Å². The molecule has 5 nitrogen and oxygen atoms in total. The molecule has 1 saturated carbocycles. The largest absolute Gasteiger partial charge is 0.490 e. The number of nitrogens with zero attached hydrogens (tertiary/aromatic N) is 1. The van der Waals surface area contributed by atoms with Crippen LogP contribution in [0.15, 0.2) is 60.7 Å². The monoisotopic (exact) mass is 550 g/mol. The topological polar surface area (TPSA) is 61.8 Å². The molecule has 0 spiro atoms. The molecule has 3 aromatic rings. The highest BCUT2D eigenvalue weighted by Crippen LogP contribution is 2.40. The molecule has 1 amide bonds. The van der Waals surface area contributed by atoms with Crippen molar-refractivity contribution in [2.75, 3.05) is 11.9 Å². The molecule has 3 atom stereocenters. The number of nitrogens with one attached hydrogen (secondary N) is 1. The van der Waals surface area contributed by atoms with Crippen LogP contribution in [0.4, 0.5) is 10.1 Å². The fourth-order valence-electron chi connectivity index (χ4n) is 5.96. The van der Waals surface area contributed by atoms with Gasteiger partial charge in [-0.05, 0) is 99.4 Å². The Hall–Kier alpha value is -3.09. The number of piperidine rings is 1. The summed E-state index contributed by atoms with van der Waals surface area (Å²) in [4.78, 5) is 15.6. The number of aliphatic hydroxyl groups excluding tert-OH is 1. The maximum Gasteiger partial charge on any atom is 0.257 e. The van der Waals surface area contributed by atoms with E-state index in [0.29, 0.717) is 35.7 Å². The van der Waals surface area contributed by atoms with Crippen molar-refractivity contribution in [3.63, 3.8) is 0 Å². The highest BCUT2D eigenvalue weighted by molar-refractivity contribution is 6.31. The number of aryl methyl sites for hydroxylation is 2. The predicted octanol–water partition coefficient (Wildman–Crippen LogP) is 7.44. The number of carbonyl (C=O) groups is 1. The van der Waals surface area contributed by atoms with E-state index in [1.807, 2.05) is 43.3 Å². The van der Waals surface area contributed by atoms with Crippen LogP contribution in [0.25, 0.3) is 0 Å². The molecule has 2 aliphatic rings. The van der Waals surface area contributed by atoms with Crippen LogP contribution in [0.3, 0.4) is 0 Å². The number of benzene rings is 3. The number of likely N-dealkylation sites (tertiary alicyclic amines) is 1. The molecule has 0 aromatic heterocycles. The van der Waals surface area contributed by atoms with E-state index in [1.165, 1.54) is 18.9 Å². The Balaban J connectivity index is 1.47. The van der Waals surface area contributed by atoms with Crippen LogP contribution in [0.2, 0.25) is 5.02 Å². The molecule has 5 rings (SSSR count). The number of rotatable bonds is 7. The van der Waals surface area contributed by atoms with Gasteiger partial charge in [-0.3, -0.25) is 4.79 Å². The summed E-state index contributed by atoms with van der Waals surface area (Å²) in [6, 6.07) is 17.6. The lowest BCUT2D eigenvalue weighted by Crippen LogP contribution is -2.48. The Morgan fingerprint density at radius 3 is 2.46 bits per heavy atom. The van der Waals surface area contributed by atoms with E-state index >= 15 is 0 Å². The molecule has 39 heavy (non-hydrogen) atoms. The van der Waals surface area contributed by atoms with Gasteiger partial charge in [0.1, 0.15) is 17.8 Å². The third-order valence-corrected chi connectivity index (χ3v) is 8.50. The first kappa shape index (κ1) is 27.5. The van der Waals surface area contributed by atoms with Gasteiger partial charge < -0.3 is 20.1 Å². The van der Waals surface area contributed by atoms with Gasteiger partial charge in [0.15, 0.2) is 0 Å². The van der Waals surface area contributed by atoms with Gasteiger partial charge in [0.05, 0.1) is 17.7 Å². The van der Waals surface area contributed by atoms with Crippen molar-refractivity contribution in [3.8, 4) is 5.75 Å². The molecule has 1 aliphatic heterocycles. The van der Waals surface area contributed by atoms with Crippen LogP contribution in [0.1, 0.15) is 71.6 Å². The second-order valence-corrected chi connectivity index (χ2v) is 11.2. The zero-order valence-corrected chi connectivity index (χ0v) is 23.3. The van der Waals surface area contributed by atoms with Crippen LogP contribution >= 0.6 is 11.6 Å². The fourth-order valence-corrected chi connectivity index (χ4v) is 6.14. The zero-order chi connectivity index (χ0) is 27.5. The number of anilines is 1. The number of hydrogen-bond donors (Lipinski definition) is 2. The maximum absolute atomic E-state index is 14.9. The zero-order valence-electron chi connectivity index (χ0n) is 22.5. The lowest BCUT2D eigenvalue weighted by Gasteiger charge is -2.44. The Morgan fingerprint density at radius 1 is 1.03 bits per heavy atom. The van der Waals surface area contributed by atoms with Crippen molar-refractivity contribution in [3.05, 3.63) is 93.8 Å². The third-order valence-electron chi connectivity index (χ3n) is 8.09. The number of ether oxygens (including phenoxy) is 1. The van der Waals surface area contributed by atoms with Crippen LogP contribution in [-0.2, 0) is 0 Å². The van der Waals surface area contributed by atoms with Crippen molar-refractivity contribution in [2.45, 2.75) is 70.7 Å². The Bertz CT molecular complexity index is 1290. The van der Waals surface area contributed by atoms with E-state index in [9.17, 15) is 14.3 Å². The number of halogens is 2. The minimum absolute atomic E-state index is 0.0807. The summed E-state index contributed by atoms with van der Waals surface area (Å²) in [5, 5.41) is 15.3. The van der Waals surface area contributed by atoms with Gasteiger partial charge in [-0.1, -0.05) is 41.9 Å². The van der Waals surface area contributed by atoms with E-state index in [1.54, 1.807) is 30.0 Å². The van der Waals surface area contributed by atoms with Gasteiger partial charge in [-0.25, -0.2) is 4.39 Å². The minimum Gasteiger partial charge on any atom is -0.490 e. The van der Waals surface area contributed by atoms with Crippen LogP contribution in [0.5, 0.6) is 5.75 Å². The number of aliphatic hydroxyl groups is 1. The van der Waals surface area contributed by atoms with Crippen molar-refractivity contribution in [1.82, 2.24) is 4.90 Å². The number of carbonyl (C=O) groups excluding carboxylic acids is 1. The molecular formula is C32H36ClFN2O3. The van der Waals surface area contributed by atoms with Crippen LogP contribution in [0, 0.1) is 25.6 Å². The fraction of sp³-hybridized carbons (Fsp3) is 0.406. The molecule has 3 aromatic carbocycles. The molecule has 1 heterocycles. The molecule has 206 valence electrons. The third kappa shape index (κ3) is 6.07. The molecule has 1 aliphatic carbocycles. The molecule has 1 unspecified atom stereocenters. The van der Waals surface area contributed by atoms with Crippen molar-refractivity contribution >= 4 is 23.2 Å². The highest BCUT2D eigenvalue weighted by Gasteiger charge is 2.40. The Morgan fingerprint density at radius 2 is 1.77 bits per heavy atom. The summed E-state index contributed by atoms with van der Waals surface area (Å²) in [7, 11) is 0. The molecule has 0 bridgehead atoms. The van der Waals surface area contributed by atoms with Gasteiger partial charge in [-0.15, -0.1) is 0 Å². The lowest BCUT2D eigenvalue weighted by atomic mass is 9.82. The SMILES string of the molecule is Cc1ccc(N[C@@H](O)C2CCCN(C(=O)c3c(C)cccc3F)[C@H]2c2ccc(OC3CCCC3)cc2)cc1Cl. The molecular weight excluding hydrogens is 515 g/mol. The van der Waals surface area contributed by atoms with Gasteiger partial charge >= 0.3 is 0 Å². The van der Waals surface area contributed by atoms with E-state index in [-0.39, 0.29) is 23.5 Å². The average Bonchev–Trinajstić information content (AvgIpc) is 3.44. The molecule has 2 fully saturated rings. The Kier molecular flexibility index (Phi) is 8.43. The van der Waals surface area contributed by atoms with Gasteiger partial charge in [-0.2, -0.15) is 0 Å². The van der Waals surface area contributed by atoms with Crippen LogP contribution in [-0.4, -0.2) is 34.8 Å². The summed E-state index contributed by atoms with van der Waals surface area (Å²) in [5.41, 5.74) is 3.20. The van der Waals surface area contributed by atoms with Crippen molar-refractivity contribution in [2.24, 2.45) is 5.92 Å². The first-order valence-corrected chi connectivity index (χ1v) is 14.2. The van der Waals surface area contributed by atoms with E-state index < -0.39 is 18.1 Å². The molecule has 2 N–H and O–H groups in total. The Labute approximate surface area is 234 Å². The first-order chi connectivity index (χ1) is 18.8. The summed E-state index contributed by atoms with van der Waals surface area (Å²) < 4.78 is 21.1. The van der Waals surface area contributed by atoms with Crippen molar-refractivity contribution < 1.29 is 19.0 Å². The minimum atomic E-state index is -0.958. The summed E-state index contributed by atoms with van der Waals surface area (Å²) in [5.74, 6) is -0.434. The number of hydrogen-bond acceptors (Lipinski definition) is 4. The summed E-state index contributed by atoms with van der Waals surface area (Å²) in [6.07, 6.45) is 5.19. The summed E-state index contributed by atoms with van der Waals surface area (Å²) >= 11 is 6.32. The van der Waals surface area contributed by atoms with E-state index in [0.717, 1.165) is 29.7 Å². The van der Waals surface area contributed by atoms with Gasteiger partial charge in [0.2, 0.25) is 0 Å². The second kappa shape index (κ2) is 12.0. The number of amides is 1. The molecule has 0 radical (unpaired) electrons. The predicted molar refractivity (Wildman–Crippen MR) is 153 cm³/mol. The van der Waals surface area contributed by atoms with Gasteiger partial charge in [0, 0.05) is 23.2 Å². The smallest absolute Gasteiger partial charge is 0.257 e. The quantitative estimate of drug-likeness (QED) is 0.300. The maximum atomic E-state index is 14.9. The normalized spacial score (nSPS) is 20.6. The second-order valence-electron chi connectivity index (χ2n) is 10.8. The van der Waals surface area contributed by atoms with Crippen molar-refractivity contribution in [1.29, 1.82) is 0 Å². The average molecular weight is 551 g/mol. The van der Waals surface area contributed by atoms with E-state index in [4.69, 9.17) is 16.3 Å². The highest BCUT2D eigenvalue weighted by atomic mass is 35.5. The van der Waals surface area contributed by atoms with Gasteiger partial charge in [0.25, 0.3) is 5.91 Å². The first-order valence-electron chi connectivity index (χ1n) is 13.9. The lowest BCUT2D eigenvalue weighted by molar-refractivity contribution is 0.0157. The summed E-state index contributed by atoms with van der Waals surface area (Å²) in [6.45, 7) is 4.14. The standard InChI is InChI=1S/C32H36ClFN2O3/c1-20-12-15-23(19-27(20)33)35-31(37)26-10-6-18-36(32(38)29-21(2)7-5-11-28(29)34)30(26)22-13-16-25(17-14-22)39-24-8-3-4-9-24/h5,7,11-17,19,24,26,30-31,35,37H,3-4,6,8-10,18H2,1-2H3/t26?,30-,31-/m0/s1. The molecule has 7 heteroatoms. The van der Waals surface area contributed by atoms with E-state index in [2.05, 4.69) is 5.32 Å².